The number of halogens is 2. The number of hydrogen-bond donors (Lipinski definition) is 1. The first-order chi connectivity index (χ1) is 9.60. The maximum absolute atomic E-state index is 6.48. The average molecular weight is 314 g/mol. The van der Waals surface area contributed by atoms with Gasteiger partial charge in [0.25, 0.3) is 0 Å². The molecule has 2 aliphatic rings. The van der Waals surface area contributed by atoms with Gasteiger partial charge in [-0.15, -0.1) is 0 Å². The van der Waals surface area contributed by atoms with Gasteiger partial charge in [-0.05, 0) is 49.3 Å². The predicted molar refractivity (Wildman–Crippen MR) is 83.3 cm³/mol. The summed E-state index contributed by atoms with van der Waals surface area (Å²) in [5.41, 5.74) is 7.67. The molecule has 1 aliphatic heterocycles. The Labute approximate surface area is 130 Å². The Morgan fingerprint density at radius 3 is 2.65 bits per heavy atom. The van der Waals surface area contributed by atoms with Crippen LogP contribution in [0.15, 0.2) is 18.2 Å². The zero-order valence-corrected chi connectivity index (χ0v) is 13.1. The SMILES string of the molecule is NC(c1ccc(Cl)c(Cl)c1)C1CCOC2(CCCC2)C1. The second kappa shape index (κ2) is 5.84. The lowest BCUT2D eigenvalue weighted by atomic mass is 9.79. The molecule has 1 aromatic rings. The molecule has 1 heterocycles. The van der Waals surface area contributed by atoms with E-state index in [4.69, 9.17) is 33.7 Å². The molecule has 1 aliphatic carbocycles. The Bertz CT molecular complexity index is 485. The molecule has 1 saturated carbocycles. The van der Waals surface area contributed by atoms with Crippen molar-refractivity contribution in [1.29, 1.82) is 0 Å². The van der Waals surface area contributed by atoms with E-state index in [1.54, 1.807) is 0 Å². The Morgan fingerprint density at radius 1 is 1.20 bits per heavy atom. The average Bonchev–Trinajstić information content (AvgIpc) is 2.89. The Hall–Kier alpha value is -0.280. The van der Waals surface area contributed by atoms with Crippen molar-refractivity contribution in [3.63, 3.8) is 0 Å². The van der Waals surface area contributed by atoms with Crippen LogP contribution in [0.5, 0.6) is 0 Å². The summed E-state index contributed by atoms with van der Waals surface area (Å²) in [6.45, 7) is 0.833. The number of benzene rings is 1. The van der Waals surface area contributed by atoms with Crippen LogP contribution in [0, 0.1) is 5.92 Å². The van der Waals surface area contributed by atoms with Gasteiger partial charge in [-0.1, -0.05) is 42.1 Å². The van der Waals surface area contributed by atoms with E-state index in [9.17, 15) is 0 Å². The topological polar surface area (TPSA) is 35.2 Å². The lowest BCUT2D eigenvalue weighted by molar-refractivity contribution is -0.0963. The molecule has 2 fully saturated rings. The fourth-order valence-electron chi connectivity index (χ4n) is 3.73. The molecule has 0 amide bonds. The minimum atomic E-state index is 0.0196. The summed E-state index contributed by atoms with van der Waals surface area (Å²) in [5, 5.41) is 1.17. The van der Waals surface area contributed by atoms with E-state index >= 15 is 0 Å². The van der Waals surface area contributed by atoms with Gasteiger partial charge in [-0.2, -0.15) is 0 Å². The minimum Gasteiger partial charge on any atom is -0.375 e. The number of nitrogens with two attached hydrogens (primary N) is 1. The lowest BCUT2D eigenvalue weighted by Gasteiger charge is -2.40. The second-order valence-corrected chi connectivity index (χ2v) is 7.01. The predicted octanol–water partition coefficient (Wildman–Crippen LogP) is 4.73. The van der Waals surface area contributed by atoms with Gasteiger partial charge in [-0.25, -0.2) is 0 Å². The minimum absolute atomic E-state index is 0.0196. The fourth-order valence-corrected chi connectivity index (χ4v) is 4.04. The maximum Gasteiger partial charge on any atom is 0.0685 e. The van der Waals surface area contributed by atoms with Crippen LogP contribution < -0.4 is 5.73 Å². The summed E-state index contributed by atoms with van der Waals surface area (Å²) < 4.78 is 6.08. The molecule has 1 spiro atoms. The normalized spacial score (nSPS) is 26.9. The zero-order valence-electron chi connectivity index (χ0n) is 11.6. The summed E-state index contributed by atoms with van der Waals surface area (Å²) in [4.78, 5) is 0. The van der Waals surface area contributed by atoms with Crippen LogP contribution in [-0.4, -0.2) is 12.2 Å². The van der Waals surface area contributed by atoms with Gasteiger partial charge in [0.05, 0.1) is 15.6 Å². The van der Waals surface area contributed by atoms with Crippen LogP contribution in [-0.2, 0) is 4.74 Å². The summed E-state index contributed by atoms with van der Waals surface area (Å²) >= 11 is 12.1. The van der Waals surface area contributed by atoms with Crippen molar-refractivity contribution in [3.8, 4) is 0 Å². The standard InChI is InChI=1S/C16H21Cl2NO/c17-13-4-3-11(9-14(13)18)15(19)12-5-8-20-16(10-12)6-1-2-7-16/h3-4,9,12,15H,1-2,5-8,10,19H2. The van der Waals surface area contributed by atoms with Crippen molar-refractivity contribution in [3.05, 3.63) is 33.8 Å². The highest BCUT2D eigenvalue weighted by atomic mass is 35.5. The molecule has 2 unspecified atom stereocenters. The van der Waals surface area contributed by atoms with Crippen molar-refractivity contribution in [2.45, 2.75) is 50.2 Å². The largest absolute Gasteiger partial charge is 0.375 e. The molecular weight excluding hydrogens is 293 g/mol. The first kappa shape index (κ1) is 14.6. The molecule has 2 atom stereocenters. The molecule has 1 saturated heterocycles. The van der Waals surface area contributed by atoms with E-state index < -0.39 is 0 Å². The third-order valence-electron chi connectivity index (χ3n) is 4.88. The summed E-state index contributed by atoms with van der Waals surface area (Å²) in [5.74, 6) is 0.471. The van der Waals surface area contributed by atoms with E-state index in [2.05, 4.69) is 0 Å². The van der Waals surface area contributed by atoms with E-state index in [-0.39, 0.29) is 11.6 Å². The third kappa shape index (κ3) is 2.85. The summed E-state index contributed by atoms with van der Waals surface area (Å²) in [6, 6.07) is 5.76. The van der Waals surface area contributed by atoms with Gasteiger partial charge in [0, 0.05) is 12.6 Å². The van der Waals surface area contributed by atoms with Crippen LogP contribution >= 0.6 is 23.2 Å². The molecule has 20 heavy (non-hydrogen) atoms. The van der Waals surface area contributed by atoms with Crippen molar-refractivity contribution in [2.75, 3.05) is 6.61 Å². The molecule has 2 nitrogen and oxygen atoms in total. The highest BCUT2D eigenvalue weighted by Crippen LogP contribution is 2.45. The second-order valence-electron chi connectivity index (χ2n) is 6.19. The zero-order chi connectivity index (χ0) is 14.2. The molecule has 4 heteroatoms. The van der Waals surface area contributed by atoms with Crippen LogP contribution in [0.1, 0.15) is 50.1 Å². The third-order valence-corrected chi connectivity index (χ3v) is 5.62. The molecule has 0 bridgehead atoms. The van der Waals surface area contributed by atoms with Gasteiger partial charge < -0.3 is 10.5 Å². The fraction of sp³-hybridized carbons (Fsp3) is 0.625. The van der Waals surface area contributed by atoms with Gasteiger partial charge in [-0.3, -0.25) is 0 Å². The Balaban J connectivity index is 1.75. The van der Waals surface area contributed by atoms with Crippen molar-refractivity contribution >= 4 is 23.2 Å². The molecular formula is C16H21Cl2NO. The molecule has 3 rings (SSSR count). The van der Waals surface area contributed by atoms with E-state index in [0.717, 1.165) is 25.0 Å². The first-order valence-corrected chi connectivity index (χ1v) is 8.20. The molecule has 1 aromatic carbocycles. The highest BCUT2D eigenvalue weighted by Gasteiger charge is 2.41. The molecule has 0 radical (unpaired) electrons. The monoisotopic (exact) mass is 313 g/mol. The first-order valence-electron chi connectivity index (χ1n) is 7.44. The van der Waals surface area contributed by atoms with Gasteiger partial charge >= 0.3 is 0 Å². The number of rotatable bonds is 2. The van der Waals surface area contributed by atoms with Crippen molar-refractivity contribution < 1.29 is 4.74 Å². The van der Waals surface area contributed by atoms with E-state index in [1.165, 1.54) is 25.7 Å². The maximum atomic E-state index is 6.48. The molecule has 0 aromatic heterocycles. The van der Waals surface area contributed by atoms with E-state index in [0.29, 0.717) is 16.0 Å². The highest BCUT2D eigenvalue weighted by molar-refractivity contribution is 6.42. The Kier molecular flexibility index (Phi) is 4.28. The van der Waals surface area contributed by atoms with Gasteiger partial charge in [0.15, 0.2) is 0 Å². The Morgan fingerprint density at radius 2 is 1.95 bits per heavy atom. The van der Waals surface area contributed by atoms with Crippen LogP contribution in [0.2, 0.25) is 10.0 Å². The number of ether oxygens (including phenoxy) is 1. The van der Waals surface area contributed by atoms with Gasteiger partial charge in [0.2, 0.25) is 0 Å². The van der Waals surface area contributed by atoms with Crippen LogP contribution in [0.3, 0.4) is 0 Å². The van der Waals surface area contributed by atoms with Crippen LogP contribution in [0.25, 0.3) is 0 Å². The van der Waals surface area contributed by atoms with Crippen LogP contribution in [0.4, 0.5) is 0 Å². The quantitative estimate of drug-likeness (QED) is 0.856. The van der Waals surface area contributed by atoms with E-state index in [1.807, 2.05) is 18.2 Å². The molecule has 2 N–H and O–H groups in total. The summed E-state index contributed by atoms with van der Waals surface area (Å²) in [7, 11) is 0. The van der Waals surface area contributed by atoms with Crippen molar-refractivity contribution in [1.82, 2.24) is 0 Å². The van der Waals surface area contributed by atoms with Crippen molar-refractivity contribution in [2.24, 2.45) is 11.7 Å². The summed E-state index contributed by atoms with van der Waals surface area (Å²) in [6.07, 6.45) is 7.07. The molecule has 110 valence electrons. The smallest absolute Gasteiger partial charge is 0.0685 e. The lowest BCUT2D eigenvalue weighted by Crippen LogP contribution is -2.40. The van der Waals surface area contributed by atoms with Gasteiger partial charge in [0.1, 0.15) is 0 Å². The number of hydrogen-bond acceptors (Lipinski definition) is 2.